The lowest BCUT2D eigenvalue weighted by atomic mass is 10.0. The minimum atomic E-state index is -3.87. The summed E-state index contributed by atoms with van der Waals surface area (Å²) in [6, 6.07) is 8.44. The fraction of sp³-hybridized carbons (Fsp3) is 0.567. The average Bonchev–Trinajstić information content (AvgIpc) is 3.27. The zero-order chi connectivity index (χ0) is 34.7. The van der Waals surface area contributed by atoms with E-state index in [2.05, 4.69) is 10.2 Å². The number of oxime groups is 1. The molecule has 1 aromatic heterocycles. The van der Waals surface area contributed by atoms with Crippen molar-refractivity contribution in [2.75, 3.05) is 19.6 Å². The second-order valence-electron chi connectivity index (χ2n) is 11.4. The van der Waals surface area contributed by atoms with Gasteiger partial charge in [-0.1, -0.05) is 30.3 Å². The first-order valence-corrected chi connectivity index (χ1v) is 16.9. The number of aliphatic hydroxyl groups excluding tert-OH is 1. The van der Waals surface area contributed by atoms with E-state index in [1.54, 1.807) is 65.0 Å². The van der Waals surface area contributed by atoms with Gasteiger partial charge in [0, 0.05) is 18.2 Å². The number of carbonyl (C=O) groups excluding carboxylic acids is 2. The molecule has 0 spiro atoms. The predicted molar refractivity (Wildman–Crippen MR) is 169 cm³/mol. The molecule has 6 atom stereocenters. The van der Waals surface area contributed by atoms with Crippen molar-refractivity contribution in [3.8, 4) is 5.75 Å². The van der Waals surface area contributed by atoms with Crippen LogP contribution in [0.2, 0.25) is 0 Å². The summed E-state index contributed by atoms with van der Waals surface area (Å²) in [5, 5.41) is 17.3. The molecule has 1 aromatic carbocycles. The molecule has 2 aromatic rings. The molecule has 260 valence electrons. The number of esters is 2. The summed E-state index contributed by atoms with van der Waals surface area (Å²) in [6.45, 7) is 9.02. The highest BCUT2D eigenvalue weighted by Gasteiger charge is 2.43. The number of carbonyl (C=O) groups is 2. The van der Waals surface area contributed by atoms with Crippen molar-refractivity contribution in [2.45, 2.75) is 85.3 Å². The van der Waals surface area contributed by atoms with E-state index in [1.807, 2.05) is 0 Å². The van der Waals surface area contributed by atoms with Gasteiger partial charge in [-0.05, 0) is 46.8 Å². The Morgan fingerprint density at radius 1 is 1.13 bits per heavy atom. The SMILES string of the molecule is CC(C)=NOCCC(=O)OCn1c(=O)ccn([C@@H]2O[C@H](COCP(=O)(N[C@@H](C)C(=O)OC(C)C)Oc3ccccc3)[C@@H](O)[C@@H]2C)c1=O. The molecule has 0 aliphatic carbocycles. The van der Waals surface area contributed by atoms with Crippen LogP contribution >= 0.6 is 7.52 Å². The van der Waals surface area contributed by atoms with Gasteiger partial charge in [0.05, 0.1) is 30.9 Å². The molecular weight excluding hydrogens is 639 g/mol. The van der Waals surface area contributed by atoms with Gasteiger partial charge in [-0.2, -0.15) is 0 Å². The van der Waals surface area contributed by atoms with Gasteiger partial charge in [-0.15, -0.1) is 0 Å². The lowest BCUT2D eigenvalue weighted by Gasteiger charge is -2.25. The Morgan fingerprint density at radius 2 is 1.83 bits per heavy atom. The second kappa shape index (κ2) is 17.4. The smallest absolute Gasteiger partial charge is 0.342 e. The van der Waals surface area contributed by atoms with Crippen LogP contribution < -0.4 is 20.9 Å². The summed E-state index contributed by atoms with van der Waals surface area (Å²) in [4.78, 5) is 55.1. The van der Waals surface area contributed by atoms with Crippen LogP contribution in [0.25, 0.3) is 0 Å². The molecule has 0 radical (unpaired) electrons. The summed E-state index contributed by atoms with van der Waals surface area (Å²) in [5.41, 5.74) is -0.868. The summed E-state index contributed by atoms with van der Waals surface area (Å²) in [5.74, 6) is -1.71. The molecule has 1 saturated heterocycles. The van der Waals surface area contributed by atoms with Crippen LogP contribution in [0.15, 0.2) is 57.3 Å². The van der Waals surface area contributed by atoms with E-state index in [0.717, 1.165) is 10.6 Å². The maximum absolute atomic E-state index is 13.8. The number of nitrogens with zero attached hydrogens (tertiary/aromatic N) is 3. The van der Waals surface area contributed by atoms with Gasteiger partial charge in [0.25, 0.3) is 5.56 Å². The fourth-order valence-corrected chi connectivity index (χ4v) is 6.10. The van der Waals surface area contributed by atoms with Crippen molar-refractivity contribution < 1.29 is 47.6 Å². The molecular formula is C30H43N4O12P. The average molecular weight is 683 g/mol. The van der Waals surface area contributed by atoms with Crippen molar-refractivity contribution in [2.24, 2.45) is 11.1 Å². The Labute approximate surface area is 272 Å². The van der Waals surface area contributed by atoms with Gasteiger partial charge >= 0.3 is 25.1 Å². The minimum Gasteiger partial charge on any atom is -0.462 e. The van der Waals surface area contributed by atoms with Gasteiger partial charge in [0.1, 0.15) is 37.1 Å². The van der Waals surface area contributed by atoms with Crippen molar-refractivity contribution in [3.05, 3.63) is 63.4 Å². The second-order valence-corrected chi connectivity index (χ2v) is 13.4. The molecule has 0 amide bonds. The zero-order valence-corrected chi connectivity index (χ0v) is 28.2. The standard InChI is InChI=1S/C30H43N4O12P/c1-19(2)31-43-15-13-26(36)42-17-34-25(35)12-14-33(30(34)39)28-21(5)27(37)24(45-28)16-41-18-47(40,46-23-10-8-7-9-11-23)32-22(6)29(38)44-20(3)4/h7-12,14,20-22,24,27-28,37H,13,15-18H2,1-6H3,(H,32,40)/t21-,22-,24+,27-,28+,47?/m0/s1. The van der Waals surface area contributed by atoms with Crippen LogP contribution in [0.1, 0.15) is 54.2 Å². The molecule has 1 unspecified atom stereocenters. The van der Waals surface area contributed by atoms with Crippen molar-refractivity contribution >= 4 is 25.2 Å². The van der Waals surface area contributed by atoms with Gasteiger partial charge < -0.3 is 33.4 Å². The number of nitrogens with one attached hydrogen (secondary N) is 1. The normalized spacial score (nSPS) is 21.0. The minimum absolute atomic E-state index is 0.0414. The molecule has 2 N–H and O–H groups in total. The molecule has 2 heterocycles. The Bertz CT molecular complexity index is 1540. The summed E-state index contributed by atoms with van der Waals surface area (Å²) in [7, 11) is -3.87. The van der Waals surface area contributed by atoms with E-state index in [0.29, 0.717) is 10.3 Å². The van der Waals surface area contributed by atoms with Crippen LogP contribution in [-0.4, -0.2) is 75.8 Å². The highest BCUT2D eigenvalue weighted by molar-refractivity contribution is 7.57. The fourth-order valence-electron chi connectivity index (χ4n) is 4.42. The van der Waals surface area contributed by atoms with Gasteiger partial charge in [0.15, 0.2) is 6.73 Å². The molecule has 47 heavy (non-hydrogen) atoms. The maximum Gasteiger partial charge on any atom is 0.342 e. The topological polar surface area (TPSA) is 195 Å². The third-order valence-electron chi connectivity index (χ3n) is 6.69. The zero-order valence-electron chi connectivity index (χ0n) is 27.3. The van der Waals surface area contributed by atoms with Crippen LogP contribution in [0.4, 0.5) is 0 Å². The number of aromatic nitrogens is 2. The summed E-state index contributed by atoms with van der Waals surface area (Å²) < 4.78 is 43.3. The quantitative estimate of drug-likeness (QED) is 0.0812. The van der Waals surface area contributed by atoms with E-state index >= 15 is 0 Å². The first kappa shape index (κ1) is 37.6. The van der Waals surface area contributed by atoms with Gasteiger partial charge in [-0.25, -0.2) is 14.4 Å². The number of rotatable bonds is 17. The molecule has 1 aliphatic rings. The number of hydrogen-bond donors (Lipinski definition) is 2. The van der Waals surface area contributed by atoms with Crippen LogP contribution in [0.5, 0.6) is 5.75 Å². The lowest BCUT2D eigenvalue weighted by molar-refractivity contribution is -0.150. The Morgan fingerprint density at radius 3 is 2.49 bits per heavy atom. The van der Waals surface area contributed by atoms with Crippen molar-refractivity contribution in [1.82, 2.24) is 14.2 Å². The van der Waals surface area contributed by atoms with Gasteiger partial charge in [-0.3, -0.25) is 23.5 Å². The molecule has 1 aliphatic heterocycles. The van der Waals surface area contributed by atoms with E-state index < -0.39 is 74.2 Å². The Kier molecular flexibility index (Phi) is 13.9. The van der Waals surface area contributed by atoms with E-state index in [9.17, 15) is 28.8 Å². The highest BCUT2D eigenvalue weighted by Crippen LogP contribution is 2.44. The van der Waals surface area contributed by atoms with Crippen molar-refractivity contribution in [3.63, 3.8) is 0 Å². The summed E-state index contributed by atoms with van der Waals surface area (Å²) >= 11 is 0. The first-order valence-electron chi connectivity index (χ1n) is 15.0. The van der Waals surface area contributed by atoms with Crippen molar-refractivity contribution in [1.29, 1.82) is 0 Å². The Balaban J connectivity index is 1.66. The number of hydrogen-bond acceptors (Lipinski definition) is 13. The number of ether oxygens (including phenoxy) is 4. The first-order chi connectivity index (χ1) is 22.2. The third-order valence-corrected chi connectivity index (χ3v) is 8.50. The van der Waals surface area contributed by atoms with Crippen LogP contribution in [0.3, 0.4) is 0 Å². The van der Waals surface area contributed by atoms with E-state index in [4.69, 9.17) is 28.3 Å². The number of aliphatic hydroxyl groups is 1. The van der Waals surface area contributed by atoms with Crippen LogP contribution in [0, 0.1) is 5.92 Å². The summed E-state index contributed by atoms with van der Waals surface area (Å²) in [6.07, 6.45) is -2.92. The van der Waals surface area contributed by atoms with Gasteiger partial charge in [0.2, 0.25) is 0 Å². The predicted octanol–water partition coefficient (Wildman–Crippen LogP) is 2.38. The largest absolute Gasteiger partial charge is 0.462 e. The molecule has 16 nitrogen and oxygen atoms in total. The molecule has 1 fully saturated rings. The number of benzene rings is 1. The Hall–Kier alpha value is -3.82. The molecule has 0 saturated carbocycles. The third kappa shape index (κ3) is 11.1. The van der Waals surface area contributed by atoms with Crippen LogP contribution in [-0.2, 0) is 44.7 Å². The highest BCUT2D eigenvalue weighted by atomic mass is 31.2. The molecule has 0 bridgehead atoms. The van der Waals surface area contributed by atoms with E-state index in [-0.39, 0.29) is 31.5 Å². The molecule has 17 heteroatoms. The van der Waals surface area contributed by atoms with E-state index in [1.165, 1.54) is 13.1 Å². The lowest BCUT2D eigenvalue weighted by Crippen LogP contribution is -2.42. The number of para-hydroxylation sites is 1. The molecule has 3 rings (SSSR count). The monoisotopic (exact) mass is 682 g/mol. The maximum atomic E-state index is 13.8.